The Bertz CT molecular complexity index is 701. The van der Waals surface area contributed by atoms with Crippen LogP contribution >= 0.6 is 0 Å². The number of aromatic nitrogens is 3. The number of nitrogens with one attached hydrogen (secondary N) is 2. The molecule has 5 nitrogen and oxygen atoms in total. The molecule has 0 unspecified atom stereocenters. The van der Waals surface area contributed by atoms with Crippen LogP contribution in [0.25, 0.3) is 11.0 Å². The molecule has 0 amide bonds. The molecule has 3 rings (SSSR count). The summed E-state index contributed by atoms with van der Waals surface area (Å²) in [6, 6.07) is 9.52. The second-order valence-electron chi connectivity index (χ2n) is 4.11. The number of nitrogens with zero attached hydrogens (tertiary/aromatic N) is 2. The normalized spacial score (nSPS) is 10.7. The highest BCUT2D eigenvalue weighted by molar-refractivity contribution is 5.89. The SMILES string of the molecule is Cc1nc(Nc2cccc(N)c2)c2cc[nH]c2n1. The Morgan fingerprint density at radius 3 is 2.94 bits per heavy atom. The first-order valence-corrected chi connectivity index (χ1v) is 5.67. The fourth-order valence-corrected chi connectivity index (χ4v) is 1.90. The first kappa shape index (κ1) is 10.6. The van der Waals surface area contributed by atoms with Gasteiger partial charge in [-0.1, -0.05) is 6.07 Å². The number of H-pyrrole nitrogens is 1. The minimum Gasteiger partial charge on any atom is -0.399 e. The Kier molecular flexibility index (Phi) is 2.37. The van der Waals surface area contributed by atoms with Crippen molar-refractivity contribution < 1.29 is 0 Å². The van der Waals surface area contributed by atoms with Crippen molar-refractivity contribution in [2.45, 2.75) is 6.92 Å². The Morgan fingerprint density at radius 1 is 1.22 bits per heavy atom. The second kappa shape index (κ2) is 4.03. The first-order chi connectivity index (χ1) is 8.72. The zero-order chi connectivity index (χ0) is 12.5. The average Bonchev–Trinajstić information content (AvgIpc) is 2.77. The minimum absolute atomic E-state index is 0.719. The van der Waals surface area contributed by atoms with Crippen LogP contribution in [0.1, 0.15) is 5.82 Å². The van der Waals surface area contributed by atoms with Crippen molar-refractivity contribution in [2.24, 2.45) is 0 Å². The van der Waals surface area contributed by atoms with Crippen molar-refractivity contribution >= 4 is 28.2 Å². The third-order valence-corrected chi connectivity index (χ3v) is 2.68. The second-order valence-corrected chi connectivity index (χ2v) is 4.11. The maximum absolute atomic E-state index is 5.76. The highest BCUT2D eigenvalue weighted by Gasteiger charge is 2.06. The summed E-state index contributed by atoms with van der Waals surface area (Å²) in [5, 5.41) is 4.22. The standard InChI is InChI=1S/C13H13N5/c1-8-16-12-11(5-6-15-12)13(17-8)18-10-4-2-3-9(14)7-10/h2-7H,14H2,1H3,(H2,15,16,17,18). The number of hydrogen-bond acceptors (Lipinski definition) is 4. The molecule has 2 heterocycles. The van der Waals surface area contributed by atoms with Crippen molar-refractivity contribution in [1.29, 1.82) is 0 Å². The molecule has 18 heavy (non-hydrogen) atoms. The van der Waals surface area contributed by atoms with Gasteiger partial charge >= 0.3 is 0 Å². The Hall–Kier alpha value is -2.56. The van der Waals surface area contributed by atoms with Crippen LogP contribution in [0.4, 0.5) is 17.2 Å². The highest BCUT2D eigenvalue weighted by Crippen LogP contribution is 2.23. The van der Waals surface area contributed by atoms with Crippen LogP contribution in [0.15, 0.2) is 36.5 Å². The Balaban J connectivity index is 2.06. The number of nitrogens with two attached hydrogens (primary N) is 1. The lowest BCUT2D eigenvalue weighted by atomic mass is 10.2. The van der Waals surface area contributed by atoms with Gasteiger partial charge in [0.25, 0.3) is 0 Å². The van der Waals surface area contributed by atoms with E-state index in [-0.39, 0.29) is 0 Å². The molecule has 2 aromatic heterocycles. The maximum atomic E-state index is 5.76. The molecule has 4 N–H and O–H groups in total. The third-order valence-electron chi connectivity index (χ3n) is 2.68. The zero-order valence-electron chi connectivity index (χ0n) is 9.94. The van der Waals surface area contributed by atoms with Gasteiger partial charge in [-0.2, -0.15) is 0 Å². The molecular formula is C13H13N5. The monoisotopic (exact) mass is 239 g/mol. The summed E-state index contributed by atoms with van der Waals surface area (Å²) in [6.07, 6.45) is 1.85. The molecular weight excluding hydrogens is 226 g/mol. The molecule has 0 saturated carbocycles. The molecule has 0 bridgehead atoms. The number of benzene rings is 1. The van der Waals surface area contributed by atoms with Gasteiger partial charge in [0.05, 0.1) is 5.39 Å². The smallest absolute Gasteiger partial charge is 0.143 e. The van der Waals surface area contributed by atoms with Crippen LogP contribution in [0.3, 0.4) is 0 Å². The zero-order valence-corrected chi connectivity index (χ0v) is 9.94. The quantitative estimate of drug-likeness (QED) is 0.600. The van der Waals surface area contributed by atoms with Crippen LogP contribution in [0, 0.1) is 6.92 Å². The molecule has 0 spiro atoms. The largest absolute Gasteiger partial charge is 0.399 e. The summed E-state index contributed by atoms with van der Waals surface area (Å²) in [6.45, 7) is 1.87. The van der Waals surface area contributed by atoms with E-state index in [1.54, 1.807) is 0 Å². The van der Waals surface area contributed by atoms with Crippen molar-refractivity contribution in [3.05, 3.63) is 42.4 Å². The lowest BCUT2D eigenvalue weighted by molar-refractivity contribution is 1.08. The molecule has 1 aromatic carbocycles. The van der Waals surface area contributed by atoms with Gasteiger partial charge in [-0.3, -0.25) is 0 Å². The van der Waals surface area contributed by atoms with Crippen LogP contribution in [-0.2, 0) is 0 Å². The highest BCUT2D eigenvalue weighted by atomic mass is 15.1. The minimum atomic E-state index is 0.719. The summed E-state index contributed by atoms with van der Waals surface area (Å²) in [4.78, 5) is 11.8. The molecule has 5 heteroatoms. The molecule has 0 fully saturated rings. The van der Waals surface area contributed by atoms with E-state index in [1.807, 2.05) is 43.5 Å². The predicted octanol–water partition coefficient (Wildman–Crippen LogP) is 2.59. The average molecular weight is 239 g/mol. The molecule has 0 aliphatic rings. The van der Waals surface area contributed by atoms with Gasteiger partial charge in [0, 0.05) is 17.6 Å². The van der Waals surface area contributed by atoms with Crippen molar-refractivity contribution in [3.8, 4) is 0 Å². The van der Waals surface area contributed by atoms with Gasteiger partial charge < -0.3 is 16.0 Å². The summed E-state index contributed by atoms with van der Waals surface area (Å²) in [5.74, 6) is 1.50. The number of rotatable bonds is 2. The van der Waals surface area contributed by atoms with Gasteiger partial charge in [0.15, 0.2) is 0 Å². The Labute approximate surface area is 104 Å². The third kappa shape index (κ3) is 1.86. The summed E-state index contributed by atoms with van der Waals surface area (Å²) < 4.78 is 0. The molecule has 0 saturated heterocycles. The summed E-state index contributed by atoms with van der Waals surface area (Å²) in [7, 11) is 0. The fourth-order valence-electron chi connectivity index (χ4n) is 1.90. The number of aromatic amines is 1. The van der Waals surface area contributed by atoms with Gasteiger partial charge in [0.1, 0.15) is 17.3 Å². The summed E-state index contributed by atoms with van der Waals surface area (Å²) in [5.41, 5.74) is 8.21. The molecule has 0 aliphatic heterocycles. The molecule has 0 aliphatic carbocycles. The number of fused-ring (bicyclic) bond motifs is 1. The topological polar surface area (TPSA) is 79.6 Å². The van der Waals surface area contributed by atoms with Crippen molar-refractivity contribution in [1.82, 2.24) is 15.0 Å². The van der Waals surface area contributed by atoms with E-state index in [1.165, 1.54) is 0 Å². The number of anilines is 3. The van der Waals surface area contributed by atoms with Gasteiger partial charge in [-0.05, 0) is 31.2 Å². The molecule has 0 radical (unpaired) electrons. The van der Waals surface area contributed by atoms with Crippen LogP contribution in [0.2, 0.25) is 0 Å². The lowest BCUT2D eigenvalue weighted by Crippen LogP contribution is -1.98. The van der Waals surface area contributed by atoms with Crippen LogP contribution < -0.4 is 11.1 Å². The first-order valence-electron chi connectivity index (χ1n) is 5.67. The predicted molar refractivity (Wildman–Crippen MR) is 72.8 cm³/mol. The molecule has 0 atom stereocenters. The van der Waals surface area contributed by atoms with E-state index in [0.717, 1.165) is 34.1 Å². The van der Waals surface area contributed by atoms with Crippen LogP contribution in [-0.4, -0.2) is 15.0 Å². The van der Waals surface area contributed by atoms with E-state index >= 15 is 0 Å². The lowest BCUT2D eigenvalue weighted by Gasteiger charge is -2.08. The summed E-state index contributed by atoms with van der Waals surface area (Å²) >= 11 is 0. The molecule has 3 aromatic rings. The van der Waals surface area contributed by atoms with Gasteiger partial charge in [-0.15, -0.1) is 0 Å². The van der Waals surface area contributed by atoms with E-state index in [0.29, 0.717) is 0 Å². The van der Waals surface area contributed by atoms with Gasteiger partial charge in [0.2, 0.25) is 0 Å². The van der Waals surface area contributed by atoms with E-state index in [4.69, 9.17) is 5.73 Å². The van der Waals surface area contributed by atoms with Gasteiger partial charge in [-0.25, -0.2) is 9.97 Å². The van der Waals surface area contributed by atoms with Crippen LogP contribution in [0.5, 0.6) is 0 Å². The van der Waals surface area contributed by atoms with E-state index in [2.05, 4.69) is 20.3 Å². The van der Waals surface area contributed by atoms with Crippen molar-refractivity contribution in [2.75, 3.05) is 11.1 Å². The van der Waals surface area contributed by atoms with E-state index in [9.17, 15) is 0 Å². The number of aryl methyl sites for hydroxylation is 1. The van der Waals surface area contributed by atoms with E-state index < -0.39 is 0 Å². The number of nitrogen functional groups attached to an aromatic ring is 1. The van der Waals surface area contributed by atoms with Crippen molar-refractivity contribution in [3.63, 3.8) is 0 Å². The fraction of sp³-hybridized carbons (Fsp3) is 0.0769. The Morgan fingerprint density at radius 2 is 2.11 bits per heavy atom. The maximum Gasteiger partial charge on any atom is 0.143 e. The molecule has 90 valence electrons. The number of hydrogen-bond donors (Lipinski definition) is 3.